The average molecular weight is 252 g/mol. The van der Waals surface area contributed by atoms with Crippen LogP contribution in [0.3, 0.4) is 0 Å². The minimum atomic E-state index is -0.0760. The summed E-state index contributed by atoms with van der Waals surface area (Å²) in [7, 11) is 0. The largest absolute Gasteiger partial charge is 0.353 e. The Morgan fingerprint density at radius 3 is 2.35 bits per heavy atom. The van der Waals surface area contributed by atoms with Crippen LogP contribution in [-0.2, 0) is 4.79 Å². The van der Waals surface area contributed by atoms with E-state index in [1.54, 1.807) is 0 Å². The van der Waals surface area contributed by atoms with E-state index in [1.807, 2.05) is 24.3 Å². The van der Waals surface area contributed by atoms with Crippen molar-refractivity contribution in [2.75, 3.05) is 0 Å². The van der Waals surface area contributed by atoms with Crippen molar-refractivity contribution in [2.45, 2.75) is 38.6 Å². The van der Waals surface area contributed by atoms with E-state index < -0.39 is 0 Å². The number of carbonyl (C=O) groups is 1. The van der Waals surface area contributed by atoms with Gasteiger partial charge < -0.3 is 5.32 Å². The molecule has 92 valence electrons. The molecule has 2 rings (SSSR count). The number of nitrogens with one attached hydrogen (secondary N) is 1. The van der Waals surface area contributed by atoms with Crippen LogP contribution in [0.2, 0.25) is 5.02 Å². The molecular formula is C14H18ClNO. The Kier molecular flexibility index (Phi) is 3.72. The normalized spacial score (nSPS) is 16.9. The van der Waals surface area contributed by atoms with E-state index in [2.05, 4.69) is 19.2 Å². The van der Waals surface area contributed by atoms with E-state index in [9.17, 15) is 4.79 Å². The molecule has 1 atom stereocenters. The van der Waals surface area contributed by atoms with Crippen molar-refractivity contribution in [3.05, 3.63) is 34.9 Å². The molecule has 1 amide bonds. The molecule has 1 aromatic carbocycles. The van der Waals surface area contributed by atoms with Gasteiger partial charge in [0.25, 0.3) is 0 Å². The molecule has 1 saturated carbocycles. The van der Waals surface area contributed by atoms with Gasteiger partial charge in [0.2, 0.25) is 5.91 Å². The summed E-state index contributed by atoms with van der Waals surface area (Å²) in [6.45, 7) is 4.15. The van der Waals surface area contributed by atoms with Gasteiger partial charge in [-0.05, 0) is 36.5 Å². The number of hydrogen-bond donors (Lipinski definition) is 1. The summed E-state index contributed by atoms with van der Waals surface area (Å²) < 4.78 is 0. The Morgan fingerprint density at radius 2 is 1.88 bits per heavy atom. The molecule has 0 aliphatic heterocycles. The van der Waals surface area contributed by atoms with Crippen molar-refractivity contribution in [3.8, 4) is 0 Å². The lowest BCUT2D eigenvalue weighted by molar-refractivity contribution is -0.123. The fourth-order valence-electron chi connectivity index (χ4n) is 2.03. The molecule has 17 heavy (non-hydrogen) atoms. The smallest absolute Gasteiger partial charge is 0.228 e. The van der Waals surface area contributed by atoms with E-state index >= 15 is 0 Å². The van der Waals surface area contributed by atoms with Gasteiger partial charge in [0.1, 0.15) is 0 Å². The third-order valence-corrected chi connectivity index (χ3v) is 3.35. The molecule has 0 radical (unpaired) electrons. The topological polar surface area (TPSA) is 29.1 Å². The summed E-state index contributed by atoms with van der Waals surface area (Å²) in [5.41, 5.74) is 1.04. The maximum atomic E-state index is 12.2. The fourth-order valence-corrected chi connectivity index (χ4v) is 2.15. The lowest BCUT2D eigenvalue weighted by atomic mass is 9.87. The molecule has 1 N–H and O–H groups in total. The van der Waals surface area contributed by atoms with Crippen LogP contribution < -0.4 is 5.32 Å². The quantitative estimate of drug-likeness (QED) is 0.874. The Hall–Kier alpha value is -1.02. The van der Waals surface area contributed by atoms with Crippen LogP contribution >= 0.6 is 11.6 Å². The maximum Gasteiger partial charge on any atom is 0.228 e. The van der Waals surface area contributed by atoms with Gasteiger partial charge in [-0.2, -0.15) is 0 Å². The zero-order valence-corrected chi connectivity index (χ0v) is 11.0. The minimum Gasteiger partial charge on any atom is -0.353 e. The van der Waals surface area contributed by atoms with Crippen LogP contribution in [-0.4, -0.2) is 11.9 Å². The molecule has 0 heterocycles. The Balaban J connectivity index is 2.15. The Morgan fingerprint density at radius 1 is 1.29 bits per heavy atom. The molecule has 0 bridgehead atoms. The highest BCUT2D eigenvalue weighted by Crippen LogP contribution is 2.28. The van der Waals surface area contributed by atoms with E-state index in [1.165, 1.54) is 0 Å². The molecule has 1 fully saturated rings. The van der Waals surface area contributed by atoms with Crippen LogP contribution in [0.15, 0.2) is 24.3 Å². The summed E-state index contributed by atoms with van der Waals surface area (Å²) in [5.74, 6) is 0.354. The third-order valence-electron chi connectivity index (χ3n) is 3.10. The van der Waals surface area contributed by atoms with Gasteiger partial charge in [-0.25, -0.2) is 0 Å². The lowest BCUT2D eigenvalue weighted by Gasteiger charge is -2.20. The second-order valence-corrected chi connectivity index (χ2v) is 5.49. The van der Waals surface area contributed by atoms with Crippen molar-refractivity contribution in [1.82, 2.24) is 5.32 Å². The van der Waals surface area contributed by atoms with Gasteiger partial charge in [-0.1, -0.05) is 37.6 Å². The SMILES string of the molecule is CC(C)[C@@H](C(=O)NC1CC1)c1ccc(Cl)cc1. The van der Waals surface area contributed by atoms with Crippen molar-refractivity contribution >= 4 is 17.5 Å². The second kappa shape index (κ2) is 5.09. The van der Waals surface area contributed by atoms with Gasteiger partial charge in [-0.15, -0.1) is 0 Å². The standard InChI is InChI=1S/C14H18ClNO/c1-9(2)13(14(17)16-12-7-8-12)10-3-5-11(15)6-4-10/h3-6,9,12-13H,7-8H2,1-2H3,(H,16,17)/t13-/m1/s1. The van der Waals surface area contributed by atoms with E-state index in [0.29, 0.717) is 11.1 Å². The summed E-state index contributed by atoms with van der Waals surface area (Å²) in [6, 6.07) is 7.99. The molecule has 0 unspecified atom stereocenters. The number of carbonyl (C=O) groups excluding carboxylic acids is 1. The zero-order valence-electron chi connectivity index (χ0n) is 10.2. The van der Waals surface area contributed by atoms with Crippen LogP contribution in [0.4, 0.5) is 0 Å². The number of hydrogen-bond acceptors (Lipinski definition) is 1. The number of halogens is 1. The van der Waals surface area contributed by atoms with Gasteiger partial charge in [0.15, 0.2) is 0 Å². The average Bonchev–Trinajstić information content (AvgIpc) is 3.04. The fraction of sp³-hybridized carbons (Fsp3) is 0.500. The first kappa shape index (κ1) is 12.4. The van der Waals surface area contributed by atoms with Gasteiger partial charge in [0, 0.05) is 11.1 Å². The van der Waals surface area contributed by atoms with Crippen LogP contribution in [0, 0.1) is 5.92 Å². The predicted octanol–water partition coefficient (Wildman–Crippen LogP) is 3.36. The first-order chi connectivity index (χ1) is 8.08. The van der Waals surface area contributed by atoms with Crippen LogP contribution in [0.25, 0.3) is 0 Å². The minimum absolute atomic E-state index is 0.0760. The highest BCUT2D eigenvalue weighted by atomic mass is 35.5. The van der Waals surface area contributed by atoms with Crippen molar-refractivity contribution in [2.24, 2.45) is 5.92 Å². The molecule has 1 aromatic rings. The summed E-state index contributed by atoms with van der Waals surface area (Å²) in [4.78, 5) is 12.2. The summed E-state index contributed by atoms with van der Waals surface area (Å²) >= 11 is 5.87. The van der Waals surface area contributed by atoms with Gasteiger partial charge in [-0.3, -0.25) is 4.79 Å². The van der Waals surface area contributed by atoms with Crippen molar-refractivity contribution < 1.29 is 4.79 Å². The molecule has 0 aromatic heterocycles. The summed E-state index contributed by atoms with van der Waals surface area (Å²) in [6.07, 6.45) is 2.24. The second-order valence-electron chi connectivity index (χ2n) is 5.06. The van der Waals surface area contributed by atoms with Crippen LogP contribution in [0.1, 0.15) is 38.2 Å². The molecule has 0 spiro atoms. The zero-order chi connectivity index (χ0) is 12.4. The predicted molar refractivity (Wildman–Crippen MR) is 70.2 cm³/mol. The molecule has 0 saturated heterocycles. The third kappa shape index (κ3) is 3.22. The number of benzene rings is 1. The van der Waals surface area contributed by atoms with E-state index in [4.69, 9.17) is 11.6 Å². The van der Waals surface area contributed by atoms with Gasteiger partial charge in [0.05, 0.1) is 5.92 Å². The van der Waals surface area contributed by atoms with E-state index in [0.717, 1.165) is 18.4 Å². The Labute approximate surface area is 107 Å². The first-order valence-electron chi connectivity index (χ1n) is 6.14. The molecular weight excluding hydrogens is 234 g/mol. The van der Waals surface area contributed by atoms with Crippen molar-refractivity contribution in [3.63, 3.8) is 0 Å². The molecule has 1 aliphatic rings. The maximum absolute atomic E-state index is 12.2. The van der Waals surface area contributed by atoms with Crippen molar-refractivity contribution in [1.29, 1.82) is 0 Å². The summed E-state index contributed by atoms with van der Waals surface area (Å²) in [5, 5.41) is 3.78. The number of rotatable bonds is 4. The number of amides is 1. The molecule has 3 heteroatoms. The molecule has 2 nitrogen and oxygen atoms in total. The highest BCUT2D eigenvalue weighted by Gasteiger charge is 2.29. The molecule has 1 aliphatic carbocycles. The first-order valence-corrected chi connectivity index (χ1v) is 6.51. The highest BCUT2D eigenvalue weighted by molar-refractivity contribution is 6.30. The lowest BCUT2D eigenvalue weighted by Crippen LogP contribution is -2.33. The van der Waals surface area contributed by atoms with Crippen LogP contribution in [0.5, 0.6) is 0 Å². The monoisotopic (exact) mass is 251 g/mol. The van der Waals surface area contributed by atoms with E-state index in [-0.39, 0.29) is 17.7 Å². The Bertz CT molecular complexity index is 395. The van der Waals surface area contributed by atoms with Gasteiger partial charge >= 0.3 is 0 Å².